The van der Waals surface area contributed by atoms with Crippen molar-refractivity contribution in [1.82, 2.24) is 0 Å². The summed E-state index contributed by atoms with van der Waals surface area (Å²) in [6, 6.07) is 0. The van der Waals surface area contributed by atoms with E-state index in [4.69, 9.17) is 10.2 Å². The standard InChI is InChI=1S/C38H71NO6/c1-2-3-4-5-6-7-8-9-10-11-12-13-14-15-16-17-18-19-20-21-25-32-39(33-26-22-29-36(40)41,34-27-23-30-37(42)43)35-28-24-31-38(44)45/h13-14H,2-12,15-35H2,1H3,(H2-,40,41,42,43,44,45)/b14-13+. The van der Waals surface area contributed by atoms with E-state index < -0.39 is 17.9 Å². The minimum Gasteiger partial charge on any atom is -0.550 e. The van der Waals surface area contributed by atoms with Crippen molar-refractivity contribution < 1.29 is 34.2 Å². The summed E-state index contributed by atoms with van der Waals surface area (Å²) in [4.78, 5) is 33.0. The van der Waals surface area contributed by atoms with Gasteiger partial charge >= 0.3 is 11.9 Å². The van der Waals surface area contributed by atoms with Crippen molar-refractivity contribution in [2.24, 2.45) is 0 Å². The highest BCUT2D eigenvalue weighted by Crippen LogP contribution is 2.20. The molecule has 0 aliphatic heterocycles. The summed E-state index contributed by atoms with van der Waals surface area (Å²) >= 11 is 0. The van der Waals surface area contributed by atoms with Gasteiger partial charge in [-0.3, -0.25) is 9.59 Å². The molecular formula is C38H71NO6. The van der Waals surface area contributed by atoms with Crippen LogP contribution in [0.2, 0.25) is 0 Å². The van der Waals surface area contributed by atoms with E-state index in [1.165, 1.54) is 116 Å². The maximum absolute atomic E-state index is 11.0. The molecule has 0 aliphatic carbocycles. The Morgan fingerprint density at radius 3 is 1.13 bits per heavy atom. The summed E-state index contributed by atoms with van der Waals surface area (Å²) < 4.78 is 0.845. The molecule has 0 bridgehead atoms. The molecule has 0 saturated carbocycles. The predicted molar refractivity (Wildman–Crippen MR) is 184 cm³/mol. The van der Waals surface area contributed by atoms with Gasteiger partial charge in [-0.05, 0) is 83.5 Å². The lowest BCUT2D eigenvalue weighted by molar-refractivity contribution is -0.929. The first-order valence-electron chi connectivity index (χ1n) is 18.9. The van der Waals surface area contributed by atoms with Crippen LogP contribution in [-0.4, -0.2) is 58.8 Å². The van der Waals surface area contributed by atoms with Crippen molar-refractivity contribution >= 4 is 17.9 Å². The molecule has 0 heterocycles. The minimum absolute atomic E-state index is 0.0627. The Morgan fingerprint density at radius 2 is 0.778 bits per heavy atom. The topological polar surface area (TPSA) is 115 Å². The minimum atomic E-state index is -1.02. The van der Waals surface area contributed by atoms with Gasteiger partial charge in [-0.25, -0.2) is 0 Å². The Labute approximate surface area is 276 Å². The van der Waals surface area contributed by atoms with Crippen molar-refractivity contribution in [3.63, 3.8) is 0 Å². The van der Waals surface area contributed by atoms with E-state index in [-0.39, 0.29) is 19.3 Å². The highest BCUT2D eigenvalue weighted by atomic mass is 16.4. The van der Waals surface area contributed by atoms with Crippen LogP contribution < -0.4 is 5.11 Å². The fourth-order valence-electron chi connectivity index (χ4n) is 6.41. The molecule has 0 fully saturated rings. The average molecular weight is 638 g/mol. The number of unbranched alkanes of at least 4 members (excludes halogenated alkanes) is 20. The summed E-state index contributed by atoms with van der Waals surface area (Å²) in [6.07, 6.45) is 34.4. The summed E-state index contributed by atoms with van der Waals surface area (Å²) in [5.41, 5.74) is 0. The Hall–Kier alpha value is -1.89. The first-order valence-corrected chi connectivity index (χ1v) is 18.9. The summed E-state index contributed by atoms with van der Waals surface area (Å²) in [5, 5.41) is 29.0. The summed E-state index contributed by atoms with van der Waals surface area (Å²) in [5.74, 6) is -2.57. The highest BCUT2D eigenvalue weighted by molar-refractivity contribution is 5.66. The van der Waals surface area contributed by atoms with E-state index in [1.54, 1.807) is 0 Å². The van der Waals surface area contributed by atoms with Crippen molar-refractivity contribution in [1.29, 1.82) is 0 Å². The van der Waals surface area contributed by atoms with Gasteiger partial charge in [0, 0.05) is 18.8 Å². The smallest absolute Gasteiger partial charge is 0.303 e. The molecule has 264 valence electrons. The zero-order chi connectivity index (χ0) is 33.3. The monoisotopic (exact) mass is 638 g/mol. The lowest BCUT2D eigenvalue weighted by Gasteiger charge is -2.39. The maximum Gasteiger partial charge on any atom is 0.303 e. The Bertz CT molecular complexity index is 683. The second-order valence-electron chi connectivity index (χ2n) is 13.5. The highest BCUT2D eigenvalue weighted by Gasteiger charge is 2.26. The quantitative estimate of drug-likeness (QED) is 0.0402. The zero-order valence-corrected chi connectivity index (χ0v) is 29.3. The van der Waals surface area contributed by atoms with Crippen LogP contribution >= 0.6 is 0 Å². The SMILES string of the molecule is CCCCCCCCCCCC/C=C/CCCCCCCCC[N+](CCCCC(=O)[O-])(CCCCC(=O)O)CCCCC(=O)O. The van der Waals surface area contributed by atoms with Gasteiger partial charge in [0.1, 0.15) is 0 Å². The number of carbonyl (C=O) groups is 3. The van der Waals surface area contributed by atoms with Crippen LogP contribution in [-0.2, 0) is 14.4 Å². The molecule has 7 heteroatoms. The molecule has 2 N–H and O–H groups in total. The van der Waals surface area contributed by atoms with Crippen LogP contribution in [0.1, 0.15) is 187 Å². The fraction of sp³-hybridized carbons (Fsp3) is 0.868. The van der Waals surface area contributed by atoms with E-state index in [2.05, 4.69) is 19.1 Å². The number of hydrogen-bond donors (Lipinski definition) is 2. The molecule has 0 aromatic rings. The van der Waals surface area contributed by atoms with Gasteiger partial charge in [0.2, 0.25) is 0 Å². The second-order valence-corrected chi connectivity index (χ2v) is 13.5. The molecule has 0 aromatic carbocycles. The number of carbonyl (C=O) groups excluding carboxylic acids is 1. The maximum atomic E-state index is 11.0. The average Bonchev–Trinajstić information content (AvgIpc) is 3.00. The summed E-state index contributed by atoms with van der Waals surface area (Å²) in [7, 11) is 0. The van der Waals surface area contributed by atoms with Crippen LogP contribution in [0.4, 0.5) is 0 Å². The summed E-state index contributed by atoms with van der Waals surface area (Å²) in [6.45, 7) is 5.88. The van der Waals surface area contributed by atoms with E-state index in [0.717, 1.165) is 56.3 Å². The number of hydrogen-bond acceptors (Lipinski definition) is 4. The molecule has 0 aliphatic rings. The van der Waals surface area contributed by atoms with Crippen LogP contribution in [0.25, 0.3) is 0 Å². The van der Waals surface area contributed by atoms with Crippen LogP contribution in [0, 0.1) is 0 Å². The fourth-order valence-corrected chi connectivity index (χ4v) is 6.41. The number of rotatable bonds is 36. The number of nitrogens with zero attached hydrogens (tertiary/aromatic N) is 1. The van der Waals surface area contributed by atoms with Crippen molar-refractivity contribution in [2.75, 3.05) is 26.2 Å². The molecule has 0 atom stereocenters. The molecule has 0 saturated heterocycles. The number of carboxylic acid groups (broad SMARTS) is 3. The first-order chi connectivity index (χ1) is 21.8. The second kappa shape index (κ2) is 32.1. The molecule has 0 amide bonds. The molecule has 0 aromatic heterocycles. The van der Waals surface area contributed by atoms with Crippen LogP contribution in [0.15, 0.2) is 12.2 Å². The van der Waals surface area contributed by atoms with Gasteiger partial charge < -0.3 is 24.6 Å². The molecule has 7 nitrogen and oxygen atoms in total. The molecular weight excluding hydrogens is 566 g/mol. The normalized spacial score (nSPS) is 11.8. The number of aliphatic carboxylic acids is 3. The Balaban J connectivity index is 4.22. The molecule has 45 heavy (non-hydrogen) atoms. The van der Waals surface area contributed by atoms with E-state index in [0.29, 0.717) is 19.3 Å². The number of carboxylic acids is 3. The van der Waals surface area contributed by atoms with Gasteiger partial charge in [0.15, 0.2) is 0 Å². The third kappa shape index (κ3) is 31.9. The number of allylic oxidation sites excluding steroid dienone is 2. The third-order valence-corrected chi connectivity index (χ3v) is 9.20. The van der Waals surface area contributed by atoms with Crippen molar-refractivity contribution in [2.45, 2.75) is 187 Å². The van der Waals surface area contributed by atoms with Crippen LogP contribution in [0.5, 0.6) is 0 Å². The van der Waals surface area contributed by atoms with Gasteiger partial charge in [-0.15, -0.1) is 0 Å². The molecule has 0 spiro atoms. The van der Waals surface area contributed by atoms with E-state index in [9.17, 15) is 19.5 Å². The Kier molecular flexibility index (Phi) is 30.7. The lowest BCUT2D eigenvalue weighted by atomic mass is 10.0. The van der Waals surface area contributed by atoms with Gasteiger partial charge in [-0.2, -0.15) is 0 Å². The van der Waals surface area contributed by atoms with Gasteiger partial charge in [0.05, 0.1) is 26.2 Å². The van der Waals surface area contributed by atoms with Gasteiger partial charge in [-0.1, -0.05) is 103 Å². The lowest BCUT2D eigenvalue weighted by Crippen LogP contribution is -2.51. The largest absolute Gasteiger partial charge is 0.550 e. The van der Waals surface area contributed by atoms with Crippen molar-refractivity contribution in [3.8, 4) is 0 Å². The molecule has 0 rings (SSSR count). The molecule has 0 radical (unpaired) electrons. The predicted octanol–water partition coefficient (Wildman–Crippen LogP) is 9.22. The molecule has 0 unspecified atom stereocenters. The third-order valence-electron chi connectivity index (χ3n) is 9.20. The zero-order valence-electron chi connectivity index (χ0n) is 29.3. The van der Waals surface area contributed by atoms with E-state index in [1.807, 2.05) is 0 Å². The van der Waals surface area contributed by atoms with Crippen LogP contribution in [0.3, 0.4) is 0 Å². The van der Waals surface area contributed by atoms with E-state index >= 15 is 0 Å². The number of quaternary nitrogens is 1. The van der Waals surface area contributed by atoms with Crippen molar-refractivity contribution in [3.05, 3.63) is 12.2 Å². The first kappa shape index (κ1) is 43.1. The Morgan fingerprint density at radius 1 is 0.467 bits per heavy atom. The van der Waals surface area contributed by atoms with Gasteiger partial charge in [0.25, 0.3) is 0 Å².